The van der Waals surface area contributed by atoms with Crippen molar-refractivity contribution in [1.82, 2.24) is 14.8 Å². The smallest absolute Gasteiger partial charge is 0.193 e. The Balaban J connectivity index is 1.89. The predicted octanol–water partition coefficient (Wildman–Crippen LogP) is 3.21. The Kier molecular flexibility index (Phi) is 3.89. The molecule has 2 aromatic heterocycles. The van der Waals surface area contributed by atoms with Crippen LogP contribution in [0.3, 0.4) is 0 Å². The van der Waals surface area contributed by atoms with Crippen LogP contribution in [-0.2, 0) is 6.42 Å². The first-order chi connectivity index (χ1) is 9.67. The second-order valence-electron chi connectivity index (χ2n) is 4.77. The third-order valence-electron chi connectivity index (χ3n) is 3.28. The lowest BCUT2D eigenvalue weighted by Crippen LogP contribution is -2.30. The number of nitrogens with one attached hydrogen (secondary N) is 1. The van der Waals surface area contributed by atoms with Crippen LogP contribution in [0.1, 0.15) is 22.9 Å². The van der Waals surface area contributed by atoms with E-state index in [1.165, 1.54) is 5.56 Å². The molecule has 2 heterocycles. The summed E-state index contributed by atoms with van der Waals surface area (Å²) in [5, 5.41) is 2.03. The summed E-state index contributed by atoms with van der Waals surface area (Å²) in [5.41, 5.74) is 6.30. The first-order valence-electron chi connectivity index (χ1n) is 6.30. The summed E-state index contributed by atoms with van der Waals surface area (Å²) in [5.74, 6) is 5.74. The number of fused-ring (bicyclic) bond motifs is 1. The largest absolute Gasteiger partial charge is 0.297 e. The molecule has 0 saturated heterocycles. The molecule has 0 fully saturated rings. The van der Waals surface area contributed by atoms with Gasteiger partial charge in [-0.2, -0.15) is 0 Å². The maximum absolute atomic E-state index is 5.74. The van der Waals surface area contributed by atoms with E-state index < -0.39 is 0 Å². The molecular formula is C14H15BrN4S. The highest BCUT2D eigenvalue weighted by molar-refractivity contribution is 9.10. The van der Waals surface area contributed by atoms with Gasteiger partial charge in [0.2, 0.25) is 0 Å². The summed E-state index contributed by atoms with van der Waals surface area (Å²) in [6.45, 7) is 2.08. The van der Waals surface area contributed by atoms with Crippen molar-refractivity contribution in [3.8, 4) is 0 Å². The Morgan fingerprint density at radius 3 is 3.10 bits per heavy atom. The van der Waals surface area contributed by atoms with Crippen LogP contribution < -0.4 is 11.3 Å². The normalized spacial score (nSPS) is 12.9. The molecule has 0 aliphatic heterocycles. The standard InChI is InChI=1S/C14H15BrN4S/c1-9-2-3-12(15)11(6-9)13(18-16)7-10-8-19-4-5-20-14(19)17-10/h2-6,8,13,18H,7,16H2,1H3. The number of hydrazine groups is 1. The van der Waals surface area contributed by atoms with Crippen LogP contribution in [0.15, 0.2) is 40.4 Å². The minimum Gasteiger partial charge on any atom is -0.297 e. The molecule has 6 heteroatoms. The van der Waals surface area contributed by atoms with E-state index >= 15 is 0 Å². The molecule has 1 unspecified atom stereocenters. The average molecular weight is 351 g/mol. The number of aryl methyl sites for hydroxylation is 1. The Hall–Kier alpha value is -1.21. The van der Waals surface area contributed by atoms with Crippen molar-refractivity contribution in [1.29, 1.82) is 0 Å². The molecule has 0 radical (unpaired) electrons. The van der Waals surface area contributed by atoms with Crippen LogP contribution in [0.4, 0.5) is 0 Å². The summed E-state index contributed by atoms with van der Waals surface area (Å²) in [6, 6.07) is 6.32. The van der Waals surface area contributed by atoms with E-state index in [1.54, 1.807) is 11.3 Å². The number of hydrogen-bond donors (Lipinski definition) is 2. The van der Waals surface area contributed by atoms with Crippen molar-refractivity contribution < 1.29 is 0 Å². The van der Waals surface area contributed by atoms with Gasteiger partial charge in [-0.25, -0.2) is 4.98 Å². The topological polar surface area (TPSA) is 55.3 Å². The van der Waals surface area contributed by atoms with Crippen LogP contribution in [-0.4, -0.2) is 9.38 Å². The molecule has 1 atom stereocenters. The first-order valence-corrected chi connectivity index (χ1v) is 7.98. The first kappa shape index (κ1) is 13.8. The molecule has 20 heavy (non-hydrogen) atoms. The van der Waals surface area contributed by atoms with Crippen molar-refractivity contribution in [2.45, 2.75) is 19.4 Å². The number of imidazole rings is 1. The second kappa shape index (κ2) is 5.65. The number of halogens is 1. The number of nitrogens with zero attached hydrogens (tertiary/aromatic N) is 2. The molecule has 1 aromatic carbocycles. The van der Waals surface area contributed by atoms with Gasteiger partial charge in [-0.3, -0.25) is 15.7 Å². The van der Waals surface area contributed by atoms with E-state index in [2.05, 4.69) is 57.7 Å². The van der Waals surface area contributed by atoms with Gasteiger partial charge in [0.1, 0.15) is 0 Å². The van der Waals surface area contributed by atoms with E-state index in [0.717, 1.165) is 27.1 Å². The quantitative estimate of drug-likeness (QED) is 0.561. The number of aromatic nitrogens is 2. The SMILES string of the molecule is Cc1ccc(Br)c(C(Cc2cn3ccsc3n2)NN)c1. The van der Waals surface area contributed by atoms with Crippen LogP contribution in [0, 0.1) is 6.92 Å². The molecule has 0 amide bonds. The maximum Gasteiger partial charge on any atom is 0.193 e. The summed E-state index contributed by atoms with van der Waals surface area (Å²) in [4.78, 5) is 5.62. The van der Waals surface area contributed by atoms with E-state index in [1.807, 2.05) is 16.0 Å². The lowest BCUT2D eigenvalue weighted by molar-refractivity contribution is 0.545. The van der Waals surface area contributed by atoms with Crippen molar-refractivity contribution in [2.75, 3.05) is 0 Å². The van der Waals surface area contributed by atoms with Crippen LogP contribution >= 0.6 is 27.3 Å². The van der Waals surface area contributed by atoms with Gasteiger partial charge in [0, 0.05) is 28.7 Å². The lowest BCUT2D eigenvalue weighted by Gasteiger charge is -2.17. The molecule has 4 nitrogen and oxygen atoms in total. The molecule has 0 bridgehead atoms. The summed E-state index contributed by atoms with van der Waals surface area (Å²) in [6.07, 6.45) is 4.83. The van der Waals surface area contributed by atoms with Crippen molar-refractivity contribution in [3.05, 3.63) is 57.3 Å². The van der Waals surface area contributed by atoms with Gasteiger partial charge in [0.05, 0.1) is 11.7 Å². The number of thiazole rings is 1. The number of nitrogens with two attached hydrogens (primary N) is 1. The zero-order chi connectivity index (χ0) is 14.1. The molecular weight excluding hydrogens is 336 g/mol. The summed E-state index contributed by atoms with van der Waals surface area (Å²) < 4.78 is 3.10. The fourth-order valence-corrected chi connectivity index (χ4v) is 3.51. The van der Waals surface area contributed by atoms with E-state index in [4.69, 9.17) is 5.84 Å². The zero-order valence-corrected chi connectivity index (χ0v) is 13.4. The number of hydrogen-bond acceptors (Lipinski definition) is 4. The third-order valence-corrected chi connectivity index (χ3v) is 4.78. The van der Waals surface area contributed by atoms with Gasteiger partial charge < -0.3 is 0 Å². The highest BCUT2D eigenvalue weighted by atomic mass is 79.9. The average Bonchev–Trinajstić information content (AvgIpc) is 3.00. The van der Waals surface area contributed by atoms with E-state index in [-0.39, 0.29) is 6.04 Å². The number of benzene rings is 1. The van der Waals surface area contributed by atoms with Crippen molar-refractivity contribution in [3.63, 3.8) is 0 Å². The monoisotopic (exact) mass is 350 g/mol. The maximum atomic E-state index is 5.74. The van der Waals surface area contributed by atoms with Crippen LogP contribution in [0.25, 0.3) is 4.96 Å². The molecule has 0 saturated carbocycles. The Labute approximate surface area is 129 Å². The molecule has 0 spiro atoms. The van der Waals surface area contributed by atoms with Gasteiger partial charge in [-0.05, 0) is 18.6 Å². The van der Waals surface area contributed by atoms with Gasteiger partial charge in [-0.15, -0.1) is 11.3 Å². The molecule has 0 aliphatic carbocycles. The van der Waals surface area contributed by atoms with Gasteiger partial charge in [0.25, 0.3) is 0 Å². The molecule has 3 aromatic rings. The molecule has 104 valence electrons. The van der Waals surface area contributed by atoms with Gasteiger partial charge in [0.15, 0.2) is 4.96 Å². The summed E-state index contributed by atoms with van der Waals surface area (Å²) in [7, 11) is 0. The third kappa shape index (κ3) is 2.64. The van der Waals surface area contributed by atoms with E-state index in [0.29, 0.717) is 0 Å². The van der Waals surface area contributed by atoms with Crippen LogP contribution in [0.5, 0.6) is 0 Å². The van der Waals surface area contributed by atoms with Crippen LogP contribution in [0.2, 0.25) is 0 Å². The van der Waals surface area contributed by atoms with Gasteiger partial charge >= 0.3 is 0 Å². The fraction of sp³-hybridized carbons (Fsp3) is 0.214. The second-order valence-corrected chi connectivity index (χ2v) is 6.50. The highest BCUT2D eigenvalue weighted by Gasteiger charge is 2.16. The van der Waals surface area contributed by atoms with Crippen molar-refractivity contribution in [2.24, 2.45) is 5.84 Å². The van der Waals surface area contributed by atoms with E-state index in [9.17, 15) is 0 Å². The minimum atomic E-state index is 0.0360. The van der Waals surface area contributed by atoms with Crippen molar-refractivity contribution >= 4 is 32.2 Å². The Morgan fingerprint density at radius 1 is 1.50 bits per heavy atom. The Morgan fingerprint density at radius 2 is 2.35 bits per heavy atom. The Bertz CT molecular complexity index is 705. The molecule has 0 aliphatic rings. The number of rotatable bonds is 4. The lowest BCUT2D eigenvalue weighted by atomic mass is 10.0. The molecule has 3 rings (SSSR count). The molecule has 3 N–H and O–H groups in total. The fourth-order valence-electron chi connectivity index (χ4n) is 2.27. The minimum absolute atomic E-state index is 0.0360. The summed E-state index contributed by atoms with van der Waals surface area (Å²) >= 11 is 5.23. The zero-order valence-electron chi connectivity index (χ0n) is 11.0. The predicted molar refractivity (Wildman–Crippen MR) is 85.7 cm³/mol. The highest BCUT2D eigenvalue weighted by Crippen LogP contribution is 2.27. The van der Waals surface area contributed by atoms with Gasteiger partial charge in [-0.1, -0.05) is 33.6 Å².